The first-order valence-electron chi connectivity index (χ1n) is 6.43. The molecule has 6 nitrogen and oxygen atoms in total. The van der Waals surface area contributed by atoms with Crippen LogP contribution < -0.4 is 29.6 Å². The number of phenolic OH excluding ortho intramolecular Hbond substituents is 1. The summed E-state index contributed by atoms with van der Waals surface area (Å²) in [5.41, 5.74) is 1.22. The first-order valence-corrected chi connectivity index (χ1v) is 7.43. The summed E-state index contributed by atoms with van der Waals surface area (Å²) in [6.07, 6.45) is 0. The minimum absolute atomic E-state index is 0. The van der Waals surface area contributed by atoms with Crippen LogP contribution in [0.25, 0.3) is 10.8 Å². The zero-order valence-corrected chi connectivity index (χ0v) is 15.6. The van der Waals surface area contributed by atoms with Crippen molar-refractivity contribution in [2.24, 2.45) is 10.2 Å². The van der Waals surface area contributed by atoms with Crippen molar-refractivity contribution in [1.29, 1.82) is 0 Å². The molecule has 1 N–H and O–H groups in total. The van der Waals surface area contributed by atoms with E-state index < -0.39 is 10.6 Å². The number of hydrogen-bond acceptors (Lipinski definition) is 6. The second-order valence-electron chi connectivity index (χ2n) is 4.32. The number of phenols is 1. The van der Waals surface area contributed by atoms with Crippen molar-refractivity contribution in [2.45, 2.75) is 0 Å². The third kappa shape index (κ3) is 5.86. The summed E-state index contributed by atoms with van der Waals surface area (Å²) in [6, 6.07) is 21.4. The van der Waals surface area contributed by atoms with E-state index in [1.807, 2.05) is 42.5 Å². The Morgan fingerprint density at radius 1 is 0.875 bits per heavy atom. The molecule has 0 saturated heterocycles. The molecule has 0 fully saturated rings. The Labute approximate surface area is 162 Å². The average molecular weight is 350 g/mol. The predicted molar refractivity (Wildman–Crippen MR) is 84.8 cm³/mol. The summed E-state index contributed by atoms with van der Waals surface area (Å²) >= 11 is 0. The zero-order valence-electron chi connectivity index (χ0n) is 12.7. The third-order valence-electron chi connectivity index (χ3n) is 2.85. The number of rotatable bonds is 2. The van der Waals surface area contributed by atoms with Gasteiger partial charge in [-0.25, -0.2) is 0 Å². The summed E-state index contributed by atoms with van der Waals surface area (Å²) in [5, 5.41) is 20.1. The summed E-state index contributed by atoms with van der Waals surface area (Å²) in [5.74, 6) is 0.130. The molecule has 0 heterocycles. The zero-order chi connectivity index (χ0) is 16.7. The molecule has 3 rings (SSSR count). The van der Waals surface area contributed by atoms with Gasteiger partial charge in [0.1, 0.15) is 11.4 Å². The first kappa shape index (κ1) is 20.0. The fourth-order valence-corrected chi connectivity index (χ4v) is 1.90. The standard InChI is InChI=1S/C16H11N2O.Na.O3S/c19-15-11-10-12-6-4-5-9-14(12)16(15)18-17-13-7-2-1-3-8-13;;1-4(2)3/h2-11,19H;;/q-1;+1;. The van der Waals surface area contributed by atoms with Gasteiger partial charge in [0, 0.05) is 5.39 Å². The Morgan fingerprint density at radius 2 is 1.50 bits per heavy atom. The Kier molecular flexibility index (Phi) is 8.28. The van der Waals surface area contributed by atoms with Crippen LogP contribution in [0.4, 0.5) is 11.4 Å². The molecule has 0 radical (unpaired) electrons. The van der Waals surface area contributed by atoms with Gasteiger partial charge in [-0.3, -0.25) is 0 Å². The predicted octanol–water partition coefficient (Wildman–Crippen LogP) is 0.761. The Bertz CT molecular complexity index is 938. The summed E-state index contributed by atoms with van der Waals surface area (Å²) in [6.45, 7) is 0. The van der Waals surface area contributed by atoms with Crippen LogP contribution in [0.1, 0.15) is 0 Å². The molecule has 8 heteroatoms. The number of benzene rings is 3. The molecule has 0 atom stereocenters. The van der Waals surface area contributed by atoms with E-state index >= 15 is 0 Å². The number of fused-ring (bicyclic) bond motifs is 1. The van der Waals surface area contributed by atoms with Crippen LogP contribution in [0.15, 0.2) is 70.9 Å². The molecule has 116 valence electrons. The maximum Gasteiger partial charge on any atom is 1.00 e. The van der Waals surface area contributed by atoms with Crippen molar-refractivity contribution in [1.82, 2.24) is 0 Å². The minimum atomic E-state index is -3.11. The molecule has 0 bridgehead atoms. The fourth-order valence-electron chi connectivity index (χ4n) is 1.90. The van der Waals surface area contributed by atoms with Gasteiger partial charge in [-0.15, -0.1) is 29.9 Å². The van der Waals surface area contributed by atoms with Crippen LogP contribution in [0.2, 0.25) is 0 Å². The van der Waals surface area contributed by atoms with Gasteiger partial charge in [0.2, 0.25) is 0 Å². The van der Waals surface area contributed by atoms with E-state index in [-0.39, 0.29) is 35.3 Å². The molecule has 0 aromatic heterocycles. The number of azo groups is 1. The molecule has 0 aliphatic rings. The van der Waals surface area contributed by atoms with Gasteiger partial charge in [0.15, 0.2) is 0 Å². The quantitative estimate of drug-likeness (QED) is 0.419. The van der Waals surface area contributed by atoms with Gasteiger partial charge in [0.05, 0.1) is 0 Å². The van der Waals surface area contributed by atoms with E-state index in [0.29, 0.717) is 5.69 Å². The van der Waals surface area contributed by atoms with E-state index in [4.69, 9.17) is 12.6 Å². The van der Waals surface area contributed by atoms with Gasteiger partial charge in [0.25, 0.3) is 0 Å². The Hall–Kier alpha value is -2.06. The Morgan fingerprint density at radius 3 is 2.17 bits per heavy atom. The van der Waals surface area contributed by atoms with Crippen LogP contribution in [-0.4, -0.2) is 17.7 Å². The van der Waals surface area contributed by atoms with Crippen molar-refractivity contribution in [3.63, 3.8) is 0 Å². The topological polar surface area (TPSA) is 96.2 Å². The SMILES string of the molecule is O=S(=O)=O.Oc1ccc2ccccc2c1N=Nc1cc[c-]cc1.[Na+]. The second-order valence-corrected chi connectivity index (χ2v) is 4.73. The molecular formula is C16H11N2NaO4S. The van der Waals surface area contributed by atoms with Crippen LogP contribution >= 0.6 is 0 Å². The molecule has 0 saturated carbocycles. The van der Waals surface area contributed by atoms with Crippen molar-refractivity contribution in [3.8, 4) is 5.75 Å². The van der Waals surface area contributed by atoms with Crippen molar-refractivity contribution >= 4 is 32.8 Å². The van der Waals surface area contributed by atoms with E-state index in [2.05, 4.69) is 16.3 Å². The largest absolute Gasteiger partial charge is 1.00 e. The summed E-state index contributed by atoms with van der Waals surface area (Å²) in [4.78, 5) is 0. The molecule has 0 aliphatic heterocycles. The Balaban J connectivity index is 0.000000522. The van der Waals surface area contributed by atoms with E-state index in [9.17, 15) is 5.11 Å². The molecule has 24 heavy (non-hydrogen) atoms. The van der Waals surface area contributed by atoms with Gasteiger partial charge in [-0.2, -0.15) is 23.3 Å². The first-order chi connectivity index (χ1) is 11.1. The smallest absolute Gasteiger partial charge is 0.506 e. The number of hydrogen-bond donors (Lipinski definition) is 1. The minimum Gasteiger partial charge on any atom is -0.506 e. The van der Waals surface area contributed by atoms with Crippen LogP contribution in [-0.2, 0) is 10.6 Å². The van der Waals surface area contributed by atoms with Crippen LogP contribution in [0, 0.1) is 6.07 Å². The maximum absolute atomic E-state index is 9.93. The fraction of sp³-hybridized carbons (Fsp3) is 0. The molecule has 0 amide bonds. The molecule has 3 aromatic carbocycles. The molecule has 0 aliphatic carbocycles. The van der Waals surface area contributed by atoms with Gasteiger partial charge in [-0.1, -0.05) is 30.3 Å². The van der Waals surface area contributed by atoms with Crippen molar-refractivity contribution < 1.29 is 47.3 Å². The number of nitrogens with zero attached hydrogens (tertiary/aromatic N) is 2. The normalized spacial score (nSPS) is 9.83. The van der Waals surface area contributed by atoms with E-state index in [1.54, 1.807) is 18.2 Å². The monoisotopic (exact) mass is 350 g/mol. The average Bonchev–Trinajstić information content (AvgIpc) is 2.54. The number of aromatic hydroxyl groups is 1. The summed E-state index contributed by atoms with van der Waals surface area (Å²) < 4.78 is 25.3. The van der Waals surface area contributed by atoms with Crippen LogP contribution in [0.5, 0.6) is 5.75 Å². The third-order valence-corrected chi connectivity index (χ3v) is 2.85. The summed E-state index contributed by atoms with van der Waals surface area (Å²) in [7, 11) is -3.11. The molecule has 0 unspecified atom stereocenters. The molecule has 0 spiro atoms. The maximum atomic E-state index is 9.93. The molecule has 3 aromatic rings. The van der Waals surface area contributed by atoms with E-state index in [0.717, 1.165) is 16.5 Å². The van der Waals surface area contributed by atoms with Gasteiger partial charge < -0.3 is 5.11 Å². The second kappa shape index (κ2) is 9.94. The van der Waals surface area contributed by atoms with Gasteiger partial charge >= 0.3 is 40.2 Å². The van der Waals surface area contributed by atoms with E-state index in [1.165, 1.54) is 0 Å². The van der Waals surface area contributed by atoms with Crippen LogP contribution in [0.3, 0.4) is 0 Å². The molecular weight excluding hydrogens is 339 g/mol. The van der Waals surface area contributed by atoms with Gasteiger partial charge in [-0.05, 0) is 17.1 Å². The van der Waals surface area contributed by atoms with Crippen molar-refractivity contribution in [2.75, 3.05) is 0 Å². The van der Waals surface area contributed by atoms with Crippen molar-refractivity contribution in [3.05, 3.63) is 66.7 Å².